The molecule has 2 aromatic rings. The number of anilines is 1. The first-order valence-electron chi connectivity index (χ1n) is 9.34. The lowest BCUT2D eigenvalue weighted by molar-refractivity contribution is 0.240. The van der Waals surface area contributed by atoms with Crippen LogP contribution in [0.5, 0.6) is 5.88 Å². The predicted octanol–water partition coefficient (Wildman–Crippen LogP) is 2.72. The zero-order valence-corrected chi connectivity index (χ0v) is 15.9. The van der Waals surface area contributed by atoms with Crippen molar-refractivity contribution in [3.8, 4) is 5.88 Å². The van der Waals surface area contributed by atoms with Crippen LogP contribution in [0, 0.1) is 5.92 Å². The fourth-order valence-corrected chi connectivity index (χ4v) is 3.05. The average molecular weight is 369 g/mol. The first-order valence-corrected chi connectivity index (χ1v) is 9.34. The smallest absolute Gasteiger partial charge is 0.315 e. The van der Waals surface area contributed by atoms with Crippen LogP contribution < -0.4 is 20.3 Å². The number of carbonyl (C=O) groups excluding carboxylic acids is 1. The van der Waals surface area contributed by atoms with Crippen LogP contribution in [0.4, 0.5) is 10.6 Å². The highest BCUT2D eigenvalue weighted by Gasteiger charge is 2.16. The summed E-state index contributed by atoms with van der Waals surface area (Å²) in [7, 11) is 1.57. The van der Waals surface area contributed by atoms with E-state index in [2.05, 4.69) is 32.4 Å². The van der Waals surface area contributed by atoms with Crippen molar-refractivity contribution in [3.05, 3.63) is 47.8 Å². The lowest BCUT2D eigenvalue weighted by atomic mass is 9.99. The second-order valence-electron chi connectivity index (χ2n) is 6.94. The number of carbonyl (C=O) groups is 1. The lowest BCUT2D eigenvalue weighted by Crippen LogP contribution is -2.35. The van der Waals surface area contributed by atoms with Gasteiger partial charge in [-0.3, -0.25) is 0 Å². The Morgan fingerprint density at radius 2 is 1.89 bits per heavy atom. The van der Waals surface area contributed by atoms with Crippen LogP contribution in [-0.4, -0.2) is 36.2 Å². The van der Waals surface area contributed by atoms with Crippen molar-refractivity contribution in [2.45, 2.75) is 32.9 Å². The Hall–Kier alpha value is -2.83. The van der Waals surface area contributed by atoms with Crippen LogP contribution >= 0.6 is 0 Å². The Kier molecular flexibility index (Phi) is 6.46. The molecule has 7 nitrogen and oxygen atoms in total. The molecule has 2 amide bonds. The molecule has 1 aliphatic heterocycles. The van der Waals surface area contributed by atoms with Gasteiger partial charge in [-0.1, -0.05) is 13.0 Å². The van der Waals surface area contributed by atoms with E-state index in [0.717, 1.165) is 36.0 Å². The predicted molar refractivity (Wildman–Crippen MR) is 105 cm³/mol. The summed E-state index contributed by atoms with van der Waals surface area (Å²) in [4.78, 5) is 22.9. The molecule has 0 aromatic carbocycles. The second-order valence-corrected chi connectivity index (χ2v) is 6.94. The van der Waals surface area contributed by atoms with Gasteiger partial charge < -0.3 is 20.3 Å². The molecule has 0 saturated carbocycles. The van der Waals surface area contributed by atoms with Crippen molar-refractivity contribution in [2.75, 3.05) is 25.1 Å². The van der Waals surface area contributed by atoms with E-state index < -0.39 is 0 Å². The van der Waals surface area contributed by atoms with Crippen molar-refractivity contribution in [1.82, 2.24) is 20.6 Å². The summed E-state index contributed by atoms with van der Waals surface area (Å²) < 4.78 is 5.08. The van der Waals surface area contributed by atoms with Gasteiger partial charge in [-0.15, -0.1) is 0 Å². The largest absolute Gasteiger partial charge is 0.481 e. The van der Waals surface area contributed by atoms with Crippen molar-refractivity contribution < 1.29 is 9.53 Å². The Morgan fingerprint density at radius 3 is 2.56 bits per heavy atom. The topological polar surface area (TPSA) is 79.4 Å². The molecule has 7 heteroatoms. The fraction of sp³-hybridized carbons (Fsp3) is 0.450. The Balaban J connectivity index is 1.43. The second kappa shape index (κ2) is 9.21. The highest BCUT2D eigenvalue weighted by molar-refractivity contribution is 5.73. The van der Waals surface area contributed by atoms with Crippen LogP contribution in [0.1, 0.15) is 30.9 Å². The third-order valence-corrected chi connectivity index (χ3v) is 4.83. The number of piperidine rings is 1. The monoisotopic (exact) mass is 369 g/mol. The quantitative estimate of drug-likeness (QED) is 0.818. The number of methoxy groups -OCH3 is 1. The SMILES string of the molecule is COc1cc(CNC(=O)NCc2ccc(N3CCC(C)CC3)nc2)ccn1. The van der Waals surface area contributed by atoms with Crippen LogP contribution in [0.3, 0.4) is 0 Å². The highest BCUT2D eigenvalue weighted by atomic mass is 16.5. The number of nitrogens with one attached hydrogen (secondary N) is 2. The minimum atomic E-state index is -0.222. The Labute approximate surface area is 160 Å². The van der Waals surface area contributed by atoms with E-state index in [1.807, 2.05) is 24.4 Å². The molecule has 1 fully saturated rings. The van der Waals surface area contributed by atoms with E-state index in [9.17, 15) is 4.79 Å². The number of urea groups is 1. The molecule has 1 saturated heterocycles. The van der Waals surface area contributed by atoms with Gasteiger partial charge in [-0.05, 0) is 42.0 Å². The maximum Gasteiger partial charge on any atom is 0.315 e. The number of pyridine rings is 2. The molecule has 1 aliphatic rings. The van der Waals surface area contributed by atoms with Crippen molar-refractivity contribution in [1.29, 1.82) is 0 Å². The molecular weight excluding hydrogens is 342 g/mol. The molecule has 2 aromatic heterocycles. The number of hydrogen-bond donors (Lipinski definition) is 2. The van der Waals surface area contributed by atoms with Gasteiger partial charge in [0.2, 0.25) is 5.88 Å². The first kappa shape index (κ1) is 18.9. The van der Waals surface area contributed by atoms with Crippen molar-refractivity contribution >= 4 is 11.8 Å². The number of nitrogens with zero attached hydrogens (tertiary/aromatic N) is 3. The molecule has 0 aliphatic carbocycles. The fourth-order valence-electron chi connectivity index (χ4n) is 3.05. The van der Waals surface area contributed by atoms with Crippen LogP contribution in [0.2, 0.25) is 0 Å². The molecule has 0 spiro atoms. The van der Waals surface area contributed by atoms with Crippen LogP contribution in [-0.2, 0) is 13.1 Å². The van der Waals surface area contributed by atoms with E-state index in [1.165, 1.54) is 12.8 Å². The third kappa shape index (κ3) is 5.57. The van der Waals surface area contributed by atoms with E-state index in [1.54, 1.807) is 19.4 Å². The van der Waals surface area contributed by atoms with E-state index in [0.29, 0.717) is 19.0 Å². The van der Waals surface area contributed by atoms with Crippen molar-refractivity contribution in [2.24, 2.45) is 5.92 Å². The molecule has 3 rings (SSSR count). The molecule has 3 heterocycles. The minimum absolute atomic E-state index is 0.222. The maximum absolute atomic E-state index is 12.0. The molecule has 0 radical (unpaired) electrons. The van der Waals surface area contributed by atoms with E-state index in [4.69, 9.17) is 4.74 Å². The van der Waals surface area contributed by atoms with Gasteiger partial charge in [0.1, 0.15) is 5.82 Å². The summed E-state index contributed by atoms with van der Waals surface area (Å²) >= 11 is 0. The summed E-state index contributed by atoms with van der Waals surface area (Å²) in [6.07, 6.45) is 5.92. The highest BCUT2D eigenvalue weighted by Crippen LogP contribution is 2.21. The molecule has 144 valence electrons. The summed E-state index contributed by atoms with van der Waals surface area (Å²) in [5.41, 5.74) is 1.91. The normalized spacial score (nSPS) is 14.7. The molecule has 27 heavy (non-hydrogen) atoms. The summed E-state index contributed by atoms with van der Waals surface area (Å²) in [6, 6.07) is 7.47. The third-order valence-electron chi connectivity index (χ3n) is 4.83. The van der Waals surface area contributed by atoms with Gasteiger partial charge in [0.15, 0.2) is 0 Å². The van der Waals surface area contributed by atoms with Gasteiger partial charge in [0.25, 0.3) is 0 Å². The average Bonchev–Trinajstić information content (AvgIpc) is 2.72. The number of rotatable bonds is 6. The number of aromatic nitrogens is 2. The molecular formula is C20H27N5O2. The molecule has 0 unspecified atom stereocenters. The standard InChI is InChI=1S/C20H27N5O2/c1-15-6-9-25(10-7-15)18-4-3-17(13-22-18)14-24-20(26)23-12-16-5-8-21-19(11-16)27-2/h3-5,8,11,13,15H,6-7,9-10,12,14H2,1-2H3,(H2,23,24,26). The summed E-state index contributed by atoms with van der Waals surface area (Å²) in [5.74, 6) is 2.35. The Morgan fingerprint density at radius 1 is 1.15 bits per heavy atom. The maximum atomic E-state index is 12.0. The zero-order chi connectivity index (χ0) is 19.1. The van der Waals surface area contributed by atoms with Crippen LogP contribution in [0.15, 0.2) is 36.7 Å². The zero-order valence-electron chi connectivity index (χ0n) is 15.9. The number of ether oxygens (including phenoxy) is 1. The Bertz CT molecular complexity index is 742. The lowest BCUT2D eigenvalue weighted by Gasteiger charge is -2.31. The molecule has 2 N–H and O–H groups in total. The minimum Gasteiger partial charge on any atom is -0.481 e. The van der Waals surface area contributed by atoms with Crippen molar-refractivity contribution in [3.63, 3.8) is 0 Å². The van der Waals surface area contributed by atoms with Gasteiger partial charge in [0, 0.05) is 44.6 Å². The van der Waals surface area contributed by atoms with E-state index in [-0.39, 0.29) is 6.03 Å². The van der Waals surface area contributed by atoms with Gasteiger partial charge in [0.05, 0.1) is 7.11 Å². The summed E-state index contributed by atoms with van der Waals surface area (Å²) in [5, 5.41) is 5.68. The van der Waals surface area contributed by atoms with Gasteiger partial charge >= 0.3 is 6.03 Å². The molecule has 0 bridgehead atoms. The number of hydrogen-bond acceptors (Lipinski definition) is 5. The number of amides is 2. The summed E-state index contributed by atoms with van der Waals surface area (Å²) in [6.45, 7) is 5.28. The van der Waals surface area contributed by atoms with Crippen LogP contribution in [0.25, 0.3) is 0 Å². The van der Waals surface area contributed by atoms with E-state index >= 15 is 0 Å². The molecule has 0 atom stereocenters. The van der Waals surface area contributed by atoms with Gasteiger partial charge in [-0.2, -0.15) is 0 Å². The first-order chi connectivity index (χ1) is 13.1. The van der Waals surface area contributed by atoms with Gasteiger partial charge in [-0.25, -0.2) is 14.8 Å².